The summed E-state index contributed by atoms with van der Waals surface area (Å²) in [6, 6.07) is 1.37. The van der Waals surface area contributed by atoms with E-state index in [9.17, 15) is 9.59 Å². The molecule has 1 heterocycles. The van der Waals surface area contributed by atoms with Gasteiger partial charge in [0.1, 0.15) is 16.7 Å². The summed E-state index contributed by atoms with van der Waals surface area (Å²) in [5, 5.41) is 6.54. The summed E-state index contributed by atoms with van der Waals surface area (Å²) >= 11 is 0. The Labute approximate surface area is 182 Å². The third-order valence-corrected chi connectivity index (χ3v) is 3.37. The van der Waals surface area contributed by atoms with E-state index >= 15 is 4.39 Å². The zero-order valence-corrected chi connectivity index (χ0v) is 19.7. The van der Waals surface area contributed by atoms with Crippen molar-refractivity contribution in [1.29, 1.82) is 0 Å². The van der Waals surface area contributed by atoms with Gasteiger partial charge in [-0.2, -0.15) is 4.68 Å². The van der Waals surface area contributed by atoms with Crippen molar-refractivity contribution in [1.82, 2.24) is 9.78 Å². The van der Waals surface area contributed by atoms with Crippen molar-refractivity contribution in [2.45, 2.75) is 73.5 Å². The molecule has 1 amide bonds. The van der Waals surface area contributed by atoms with Gasteiger partial charge in [-0.15, -0.1) is 5.10 Å². The number of benzene rings is 1. The summed E-state index contributed by atoms with van der Waals surface area (Å²) in [5.74, 6) is -1.21. The smallest absolute Gasteiger partial charge is 0.435 e. The lowest BCUT2D eigenvalue weighted by Crippen LogP contribution is -2.29. The fourth-order valence-corrected chi connectivity index (χ4v) is 2.45. The van der Waals surface area contributed by atoms with Gasteiger partial charge in [0.25, 0.3) is 0 Å². The van der Waals surface area contributed by atoms with Crippen molar-refractivity contribution in [3.63, 3.8) is 0 Å². The Morgan fingerprint density at radius 1 is 1.13 bits per heavy atom. The third-order valence-electron chi connectivity index (χ3n) is 3.37. The highest BCUT2D eigenvalue weighted by atomic mass is 19.1. The molecule has 0 aliphatic rings. The number of rotatable bonds is 3. The first-order chi connectivity index (χ1) is 14.2. The Balaban J connectivity index is 0.00000233. The maximum absolute atomic E-state index is 15.2. The SMILES string of the molecule is CC.CCOc1c(N)cc2c(NC(=O)OC(C)(C)C)nn(C(=O)OC(C)(C)C)c2c1F. The minimum atomic E-state index is -0.925. The molecule has 174 valence electrons. The van der Waals surface area contributed by atoms with Crippen LogP contribution in [0.25, 0.3) is 10.9 Å². The van der Waals surface area contributed by atoms with E-state index in [-0.39, 0.29) is 34.8 Å². The molecule has 0 unspecified atom stereocenters. The average Bonchev–Trinajstić information content (AvgIpc) is 2.95. The number of amides is 1. The summed E-state index contributed by atoms with van der Waals surface area (Å²) in [4.78, 5) is 24.8. The number of nitrogen functional groups attached to an aromatic ring is 1. The minimum absolute atomic E-state index is 0.00664. The number of hydrogen-bond donors (Lipinski definition) is 2. The second-order valence-electron chi connectivity index (χ2n) is 8.31. The van der Waals surface area contributed by atoms with E-state index in [4.69, 9.17) is 19.9 Å². The van der Waals surface area contributed by atoms with Gasteiger partial charge in [0.2, 0.25) is 0 Å². The summed E-state index contributed by atoms with van der Waals surface area (Å²) < 4.78 is 31.7. The molecule has 0 atom stereocenters. The Morgan fingerprint density at radius 2 is 1.68 bits per heavy atom. The number of carbonyl (C=O) groups is 2. The van der Waals surface area contributed by atoms with Crippen LogP contribution in [0.1, 0.15) is 62.3 Å². The molecule has 0 bridgehead atoms. The number of nitrogens with one attached hydrogen (secondary N) is 1. The molecule has 9 nitrogen and oxygen atoms in total. The van der Waals surface area contributed by atoms with Crippen LogP contribution < -0.4 is 15.8 Å². The van der Waals surface area contributed by atoms with Gasteiger partial charge in [-0.05, 0) is 54.5 Å². The van der Waals surface area contributed by atoms with Crippen LogP contribution in [0.2, 0.25) is 0 Å². The number of carbonyl (C=O) groups excluding carboxylic acids is 2. The molecule has 10 heteroatoms. The van der Waals surface area contributed by atoms with Gasteiger partial charge in [0, 0.05) is 0 Å². The third kappa shape index (κ3) is 6.73. The number of nitrogens with zero attached hydrogens (tertiary/aromatic N) is 2. The maximum atomic E-state index is 15.2. The zero-order valence-electron chi connectivity index (χ0n) is 19.7. The summed E-state index contributed by atoms with van der Waals surface area (Å²) in [5.41, 5.74) is 4.05. The van der Waals surface area contributed by atoms with Gasteiger partial charge in [-0.1, -0.05) is 13.8 Å². The van der Waals surface area contributed by atoms with Crippen molar-refractivity contribution >= 4 is 34.6 Å². The van der Waals surface area contributed by atoms with Crippen LogP contribution in [-0.4, -0.2) is 39.8 Å². The Hall–Kier alpha value is -3.04. The Morgan fingerprint density at radius 3 is 2.16 bits per heavy atom. The molecule has 2 aromatic rings. The number of halogens is 1. The molecule has 31 heavy (non-hydrogen) atoms. The number of anilines is 2. The lowest BCUT2D eigenvalue weighted by Gasteiger charge is -2.19. The van der Waals surface area contributed by atoms with Crippen molar-refractivity contribution in [2.75, 3.05) is 17.7 Å². The predicted molar refractivity (Wildman–Crippen MR) is 118 cm³/mol. The number of aromatic nitrogens is 2. The van der Waals surface area contributed by atoms with Crippen molar-refractivity contribution in [3.05, 3.63) is 11.9 Å². The zero-order chi connectivity index (χ0) is 24.1. The molecule has 0 spiro atoms. The van der Waals surface area contributed by atoms with E-state index < -0.39 is 29.2 Å². The molecule has 2 rings (SSSR count). The molecular weight excluding hydrogens is 407 g/mol. The fraction of sp³-hybridized carbons (Fsp3) is 0.571. The highest BCUT2D eigenvalue weighted by Gasteiger charge is 2.28. The summed E-state index contributed by atoms with van der Waals surface area (Å²) in [7, 11) is 0. The molecular formula is C21H33FN4O5. The quantitative estimate of drug-likeness (QED) is 0.621. The number of hydrogen-bond acceptors (Lipinski definition) is 7. The van der Waals surface area contributed by atoms with Gasteiger partial charge in [0.05, 0.1) is 17.7 Å². The van der Waals surface area contributed by atoms with Gasteiger partial charge in [0.15, 0.2) is 17.4 Å². The fourth-order valence-electron chi connectivity index (χ4n) is 2.45. The second-order valence-corrected chi connectivity index (χ2v) is 8.31. The first kappa shape index (κ1) is 26.0. The van der Waals surface area contributed by atoms with E-state index in [0.29, 0.717) is 0 Å². The molecule has 1 aromatic carbocycles. The molecule has 1 aromatic heterocycles. The van der Waals surface area contributed by atoms with Gasteiger partial charge < -0.3 is 19.9 Å². The molecule has 0 saturated carbocycles. The molecule has 0 fully saturated rings. The van der Waals surface area contributed by atoms with Crippen LogP contribution in [0.3, 0.4) is 0 Å². The van der Waals surface area contributed by atoms with Crippen molar-refractivity contribution in [2.24, 2.45) is 0 Å². The molecule has 0 aliphatic heterocycles. The van der Waals surface area contributed by atoms with Crippen LogP contribution in [0.15, 0.2) is 6.07 Å². The van der Waals surface area contributed by atoms with Crippen LogP contribution in [0, 0.1) is 5.82 Å². The lowest BCUT2D eigenvalue weighted by atomic mass is 10.2. The normalized spacial score (nSPS) is 11.4. The number of ether oxygens (including phenoxy) is 3. The highest BCUT2D eigenvalue weighted by Crippen LogP contribution is 2.36. The second kappa shape index (κ2) is 9.84. The minimum Gasteiger partial charge on any atom is -0.489 e. The number of nitrogens with two attached hydrogens (primary N) is 1. The summed E-state index contributed by atoms with van der Waals surface area (Å²) in [6.07, 6.45) is -1.74. The van der Waals surface area contributed by atoms with E-state index in [1.165, 1.54) is 6.07 Å². The van der Waals surface area contributed by atoms with Crippen LogP contribution in [0.5, 0.6) is 5.75 Å². The van der Waals surface area contributed by atoms with Gasteiger partial charge >= 0.3 is 12.2 Å². The monoisotopic (exact) mass is 440 g/mol. The summed E-state index contributed by atoms with van der Waals surface area (Å²) in [6.45, 7) is 15.9. The average molecular weight is 441 g/mol. The van der Waals surface area contributed by atoms with Gasteiger partial charge in [-0.25, -0.2) is 14.0 Å². The largest absolute Gasteiger partial charge is 0.489 e. The van der Waals surface area contributed by atoms with E-state index in [2.05, 4.69) is 10.4 Å². The first-order valence-corrected chi connectivity index (χ1v) is 10.1. The van der Waals surface area contributed by atoms with E-state index in [1.807, 2.05) is 13.8 Å². The predicted octanol–water partition coefficient (Wildman–Crippen LogP) is 5.31. The highest BCUT2D eigenvalue weighted by molar-refractivity contribution is 6.03. The molecule has 0 radical (unpaired) electrons. The number of fused-ring (bicyclic) bond motifs is 1. The topological polar surface area (TPSA) is 118 Å². The molecule has 3 N–H and O–H groups in total. The standard InChI is InChI=1S/C19H27FN4O5.C2H6/c1-8-27-14-11(21)9-10-13(12(14)20)24(17(26)29-19(5,6)7)23-15(10)22-16(25)28-18(2,3)4;1-2/h9H,8,21H2,1-7H3,(H,22,23,25);1-2H3. The molecule has 0 aliphatic carbocycles. The van der Waals surface area contributed by atoms with Crippen LogP contribution in [-0.2, 0) is 9.47 Å². The molecule has 0 saturated heterocycles. The van der Waals surface area contributed by atoms with Crippen LogP contribution in [0.4, 0.5) is 25.5 Å². The van der Waals surface area contributed by atoms with Gasteiger partial charge in [-0.3, -0.25) is 5.32 Å². The Kier molecular flexibility index (Phi) is 8.26. The lowest BCUT2D eigenvalue weighted by molar-refractivity contribution is 0.0518. The Bertz CT molecular complexity index is 942. The van der Waals surface area contributed by atoms with E-state index in [1.54, 1.807) is 48.5 Å². The van der Waals surface area contributed by atoms with Crippen molar-refractivity contribution in [3.8, 4) is 5.75 Å². The van der Waals surface area contributed by atoms with E-state index in [0.717, 1.165) is 4.68 Å². The van der Waals surface area contributed by atoms with Crippen molar-refractivity contribution < 1.29 is 28.2 Å². The first-order valence-electron chi connectivity index (χ1n) is 10.1. The van der Waals surface area contributed by atoms with Crippen LogP contribution >= 0.6 is 0 Å². The maximum Gasteiger partial charge on any atom is 0.435 e.